The number of piperazine rings is 1. The summed E-state index contributed by atoms with van der Waals surface area (Å²) in [4.78, 5) is 13.6. The monoisotopic (exact) mass is 365 g/mol. The SMILES string of the molecule is C#CCNC(=O)N1CCN(S(=O)(=O)c2cccc3nsnc23)CC1. The van der Waals surface area contributed by atoms with Gasteiger partial charge in [0.05, 0.1) is 18.3 Å². The fourth-order valence-corrected chi connectivity index (χ4v) is 4.67. The van der Waals surface area contributed by atoms with Gasteiger partial charge in [0.1, 0.15) is 15.9 Å². The van der Waals surface area contributed by atoms with Crippen LogP contribution in [-0.4, -0.2) is 65.1 Å². The van der Waals surface area contributed by atoms with E-state index in [1.807, 2.05) is 0 Å². The third-order valence-electron chi connectivity index (χ3n) is 3.73. The highest BCUT2D eigenvalue weighted by atomic mass is 32.2. The highest BCUT2D eigenvalue weighted by molar-refractivity contribution is 7.89. The van der Waals surface area contributed by atoms with E-state index in [0.29, 0.717) is 24.1 Å². The molecule has 0 atom stereocenters. The molecule has 126 valence electrons. The summed E-state index contributed by atoms with van der Waals surface area (Å²) in [5.74, 6) is 2.33. The van der Waals surface area contributed by atoms with Gasteiger partial charge in [-0.15, -0.1) is 6.42 Å². The maximum absolute atomic E-state index is 12.9. The van der Waals surface area contributed by atoms with E-state index in [-0.39, 0.29) is 30.6 Å². The van der Waals surface area contributed by atoms with Crippen LogP contribution in [0.5, 0.6) is 0 Å². The lowest BCUT2D eigenvalue weighted by atomic mass is 10.3. The molecule has 0 saturated carbocycles. The lowest BCUT2D eigenvalue weighted by Gasteiger charge is -2.33. The maximum atomic E-state index is 12.9. The largest absolute Gasteiger partial charge is 0.327 e. The summed E-state index contributed by atoms with van der Waals surface area (Å²) in [5, 5.41) is 2.57. The number of hydrogen-bond donors (Lipinski definition) is 1. The topological polar surface area (TPSA) is 95.5 Å². The molecule has 3 rings (SSSR count). The molecule has 0 unspecified atom stereocenters. The summed E-state index contributed by atoms with van der Waals surface area (Å²) in [5.41, 5.74) is 0.949. The number of rotatable bonds is 3. The molecule has 0 aliphatic carbocycles. The summed E-state index contributed by atoms with van der Waals surface area (Å²) in [6, 6.07) is 4.63. The molecule has 8 nitrogen and oxygen atoms in total. The van der Waals surface area contributed by atoms with Gasteiger partial charge in [-0.2, -0.15) is 13.1 Å². The second-order valence-corrected chi connectivity index (χ2v) is 7.58. The van der Waals surface area contributed by atoms with E-state index >= 15 is 0 Å². The Bertz CT molecular complexity index is 895. The first-order valence-electron chi connectivity index (χ1n) is 7.21. The zero-order chi connectivity index (χ0) is 17.2. The van der Waals surface area contributed by atoms with Crippen molar-refractivity contribution in [2.75, 3.05) is 32.7 Å². The van der Waals surface area contributed by atoms with E-state index in [0.717, 1.165) is 11.7 Å². The average molecular weight is 365 g/mol. The van der Waals surface area contributed by atoms with E-state index in [2.05, 4.69) is 20.0 Å². The van der Waals surface area contributed by atoms with Crippen LogP contribution in [0.3, 0.4) is 0 Å². The zero-order valence-electron chi connectivity index (χ0n) is 12.7. The zero-order valence-corrected chi connectivity index (χ0v) is 14.3. The third kappa shape index (κ3) is 3.06. The smallest absolute Gasteiger partial charge is 0.318 e. The van der Waals surface area contributed by atoms with E-state index in [9.17, 15) is 13.2 Å². The molecule has 1 saturated heterocycles. The number of hydrogen-bond acceptors (Lipinski definition) is 6. The molecular formula is C14H15N5O3S2. The molecule has 1 fully saturated rings. The second-order valence-electron chi connectivity index (χ2n) is 5.14. The first-order valence-corrected chi connectivity index (χ1v) is 9.39. The summed E-state index contributed by atoms with van der Waals surface area (Å²) in [6.45, 7) is 1.21. The highest BCUT2D eigenvalue weighted by Gasteiger charge is 2.31. The molecule has 2 aromatic rings. The van der Waals surface area contributed by atoms with Crippen LogP contribution in [0.4, 0.5) is 4.79 Å². The number of urea groups is 1. The van der Waals surface area contributed by atoms with Gasteiger partial charge in [-0.3, -0.25) is 0 Å². The van der Waals surface area contributed by atoms with Crippen LogP contribution in [0.25, 0.3) is 11.0 Å². The number of carbonyl (C=O) groups excluding carboxylic acids is 1. The number of sulfonamides is 1. The number of terminal acetylenes is 1. The van der Waals surface area contributed by atoms with Crippen LogP contribution in [0.2, 0.25) is 0 Å². The molecule has 10 heteroatoms. The van der Waals surface area contributed by atoms with E-state index in [1.165, 1.54) is 10.4 Å². The number of benzene rings is 1. The fourth-order valence-electron chi connectivity index (χ4n) is 2.50. The summed E-state index contributed by atoms with van der Waals surface area (Å²) >= 11 is 0.981. The molecule has 24 heavy (non-hydrogen) atoms. The minimum atomic E-state index is -3.68. The average Bonchev–Trinajstić information content (AvgIpc) is 3.08. The van der Waals surface area contributed by atoms with Gasteiger partial charge in [-0.05, 0) is 12.1 Å². The van der Waals surface area contributed by atoms with E-state index in [1.54, 1.807) is 17.0 Å². The van der Waals surface area contributed by atoms with Crippen molar-refractivity contribution in [3.63, 3.8) is 0 Å². The van der Waals surface area contributed by atoms with E-state index in [4.69, 9.17) is 6.42 Å². The first kappa shape index (κ1) is 16.6. The van der Waals surface area contributed by atoms with Crippen molar-refractivity contribution >= 4 is 38.8 Å². The molecule has 1 aliphatic rings. The van der Waals surface area contributed by atoms with Gasteiger partial charge in [0.15, 0.2) is 0 Å². The van der Waals surface area contributed by atoms with Crippen LogP contribution >= 0.6 is 11.7 Å². The number of nitrogens with zero attached hydrogens (tertiary/aromatic N) is 4. The Kier molecular flexibility index (Phi) is 4.66. The Balaban J connectivity index is 1.75. The van der Waals surface area contributed by atoms with Crippen molar-refractivity contribution in [1.82, 2.24) is 23.3 Å². The second kappa shape index (κ2) is 6.72. The van der Waals surface area contributed by atoms with Crippen molar-refractivity contribution in [3.05, 3.63) is 18.2 Å². The Labute approximate surface area is 143 Å². The Morgan fingerprint density at radius 3 is 2.75 bits per heavy atom. The minimum Gasteiger partial charge on any atom is -0.327 e. The maximum Gasteiger partial charge on any atom is 0.318 e. The normalized spacial score (nSPS) is 16.0. The molecule has 2 amide bonds. The lowest BCUT2D eigenvalue weighted by Crippen LogP contribution is -2.53. The number of nitrogens with one attached hydrogen (secondary N) is 1. The molecule has 1 aliphatic heterocycles. The quantitative estimate of drug-likeness (QED) is 0.792. The van der Waals surface area contributed by atoms with Crippen molar-refractivity contribution in [2.45, 2.75) is 4.90 Å². The Morgan fingerprint density at radius 1 is 1.29 bits per heavy atom. The number of fused-ring (bicyclic) bond motifs is 1. The van der Waals surface area contributed by atoms with Crippen molar-refractivity contribution in [2.24, 2.45) is 0 Å². The molecule has 0 radical (unpaired) electrons. The van der Waals surface area contributed by atoms with Gasteiger partial charge in [0.25, 0.3) is 0 Å². The van der Waals surface area contributed by atoms with Gasteiger partial charge < -0.3 is 10.2 Å². The van der Waals surface area contributed by atoms with Gasteiger partial charge >= 0.3 is 6.03 Å². The highest BCUT2D eigenvalue weighted by Crippen LogP contribution is 2.25. The molecule has 1 aromatic carbocycles. The third-order valence-corrected chi connectivity index (χ3v) is 6.21. The first-order chi connectivity index (χ1) is 11.5. The van der Waals surface area contributed by atoms with Gasteiger partial charge in [-0.1, -0.05) is 12.0 Å². The predicted molar refractivity (Wildman–Crippen MR) is 90.0 cm³/mol. The van der Waals surface area contributed by atoms with Crippen LogP contribution in [0, 0.1) is 12.3 Å². The van der Waals surface area contributed by atoms with Gasteiger partial charge in [-0.25, -0.2) is 13.2 Å². The molecule has 2 heterocycles. The molecule has 1 aromatic heterocycles. The summed E-state index contributed by atoms with van der Waals surface area (Å²) < 4.78 is 35.3. The fraction of sp³-hybridized carbons (Fsp3) is 0.357. The van der Waals surface area contributed by atoms with Crippen molar-refractivity contribution in [3.8, 4) is 12.3 Å². The Morgan fingerprint density at radius 2 is 2.04 bits per heavy atom. The van der Waals surface area contributed by atoms with E-state index < -0.39 is 10.0 Å². The van der Waals surface area contributed by atoms with Crippen LogP contribution < -0.4 is 5.32 Å². The van der Waals surface area contributed by atoms with Gasteiger partial charge in [0.2, 0.25) is 10.0 Å². The summed E-state index contributed by atoms with van der Waals surface area (Å²) in [6.07, 6.45) is 5.11. The molecule has 0 bridgehead atoms. The predicted octanol–water partition coefficient (Wildman–Crippen LogP) is 0.340. The molecule has 1 N–H and O–H groups in total. The van der Waals surface area contributed by atoms with Crippen LogP contribution in [0.1, 0.15) is 0 Å². The lowest BCUT2D eigenvalue weighted by molar-refractivity contribution is 0.173. The van der Waals surface area contributed by atoms with Gasteiger partial charge in [0, 0.05) is 26.2 Å². The van der Waals surface area contributed by atoms with Crippen LogP contribution in [0.15, 0.2) is 23.1 Å². The standard InChI is InChI=1S/C14H15N5O3S2/c1-2-6-15-14(20)18-7-9-19(10-8-18)24(21,22)12-5-3-4-11-13(12)17-23-16-11/h1,3-5H,6-10H2,(H,15,20). The molecular weight excluding hydrogens is 350 g/mol. The van der Waals surface area contributed by atoms with Crippen molar-refractivity contribution in [1.29, 1.82) is 0 Å². The number of aromatic nitrogens is 2. The number of carbonyl (C=O) groups is 1. The summed E-state index contributed by atoms with van der Waals surface area (Å²) in [7, 11) is -3.68. The Hall–Kier alpha value is -2.22. The van der Waals surface area contributed by atoms with Crippen LogP contribution in [-0.2, 0) is 10.0 Å². The van der Waals surface area contributed by atoms with Crippen molar-refractivity contribution < 1.29 is 13.2 Å². The number of amides is 2. The minimum absolute atomic E-state index is 0.149. The molecule has 0 spiro atoms.